The van der Waals surface area contributed by atoms with Crippen LogP contribution >= 0.6 is 0 Å². The average molecular weight is 270 g/mol. The van der Waals surface area contributed by atoms with Gasteiger partial charge in [0.25, 0.3) is 0 Å². The van der Waals surface area contributed by atoms with E-state index in [1.807, 2.05) is 16.8 Å². The summed E-state index contributed by atoms with van der Waals surface area (Å²) in [5, 5.41) is 5.87. The number of rotatable bonds is 5. The first kappa shape index (κ1) is 13.3. The zero-order valence-electron chi connectivity index (χ0n) is 12.1. The topological polar surface area (TPSA) is 34.9 Å². The molecule has 2 aromatic rings. The quantitative estimate of drug-likeness (QED) is 0.829. The normalized spacial score (nSPS) is 16.1. The van der Waals surface area contributed by atoms with Gasteiger partial charge in [0.1, 0.15) is 5.78 Å². The zero-order chi connectivity index (χ0) is 13.9. The van der Waals surface area contributed by atoms with Gasteiger partial charge in [-0.3, -0.25) is 9.48 Å². The van der Waals surface area contributed by atoms with Gasteiger partial charge in [0.05, 0.1) is 11.2 Å². The molecule has 3 rings (SSSR count). The van der Waals surface area contributed by atoms with Gasteiger partial charge in [-0.2, -0.15) is 5.10 Å². The Balaban J connectivity index is 1.75. The highest BCUT2D eigenvalue weighted by Gasteiger charge is 2.22. The van der Waals surface area contributed by atoms with E-state index in [2.05, 4.69) is 24.2 Å². The molecule has 3 heteroatoms. The number of carbonyl (C=O) groups is 1. The lowest BCUT2D eigenvalue weighted by molar-refractivity contribution is -0.122. The highest BCUT2D eigenvalue weighted by atomic mass is 16.1. The molecule has 0 amide bonds. The van der Waals surface area contributed by atoms with Gasteiger partial charge >= 0.3 is 0 Å². The number of nitrogens with zero attached hydrogens (tertiary/aromatic N) is 2. The molecule has 1 aliphatic carbocycles. The Bertz CT molecular complexity index is 608. The summed E-state index contributed by atoms with van der Waals surface area (Å²) in [6.45, 7) is 2.98. The number of para-hydroxylation sites is 1. The fraction of sp³-hybridized carbons (Fsp3) is 0.529. The smallest absolute Gasteiger partial charge is 0.136 e. The second-order valence-electron chi connectivity index (χ2n) is 5.73. The summed E-state index contributed by atoms with van der Waals surface area (Å²) < 4.78 is 2.03. The molecule has 3 nitrogen and oxygen atoms in total. The molecule has 0 spiro atoms. The first-order valence-electron chi connectivity index (χ1n) is 7.76. The van der Waals surface area contributed by atoms with Crippen molar-refractivity contribution in [3.8, 4) is 0 Å². The Kier molecular flexibility index (Phi) is 3.86. The van der Waals surface area contributed by atoms with Gasteiger partial charge in [-0.25, -0.2) is 0 Å². The van der Waals surface area contributed by atoms with E-state index in [4.69, 9.17) is 0 Å². The van der Waals surface area contributed by atoms with Crippen molar-refractivity contribution in [3.05, 3.63) is 30.0 Å². The standard InChI is InChI=1S/C17H22N2O/c1-2-19-16-10-6-5-9-14(16)15(18-19)11-12-17(20)13-7-3-4-8-13/h5-6,9-10,13H,2-4,7-8,11-12H2,1H3. The lowest BCUT2D eigenvalue weighted by Crippen LogP contribution is -2.11. The summed E-state index contributed by atoms with van der Waals surface area (Å²) in [7, 11) is 0. The molecule has 106 valence electrons. The summed E-state index contributed by atoms with van der Waals surface area (Å²) in [6.07, 6.45) is 6.08. The van der Waals surface area contributed by atoms with E-state index in [1.165, 1.54) is 23.7 Å². The molecule has 20 heavy (non-hydrogen) atoms. The Morgan fingerprint density at radius 1 is 1.30 bits per heavy atom. The third kappa shape index (κ3) is 2.49. The summed E-state index contributed by atoms with van der Waals surface area (Å²) in [6, 6.07) is 8.31. The van der Waals surface area contributed by atoms with Crippen molar-refractivity contribution < 1.29 is 4.79 Å². The summed E-state index contributed by atoms with van der Waals surface area (Å²) >= 11 is 0. The number of fused-ring (bicyclic) bond motifs is 1. The first-order valence-corrected chi connectivity index (χ1v) is 7.76. The van der Waals surface area contributed by atoms with Crippen LogP contribution in [0, 0.1) is 5.92 Å². The van der Waals surface area contributed by atoms with Crippen LogP contribution < -0.4 is 0 Å². The summed E-state index contributed by atoms with van der Waals surface area (Å²) in [4.78, 5) is 12.2. The maximum Gasteiger partial charge on any atom is 0.136 e. The second-order valence-corrected chi connectivity index (χ2v) is 5.73. The summed E-state index contributed by atoms with van der Waals surface area (Å²) in [5.41, 5.74) is 2.26. The number of aromatic nitrogens is 2. The van der Waals surface area contributed by atoms with E-state index in [-0.39, 0.29) is 0 Å². The van der Waals surface area contributed by atoms with Crippen LogP contribution in [-0.2, 0) is 17.8 Å². The molecule has 1 heterocycles. The number of ketones is 1. The van der Waals surface area contributed by atoms with Crippen molar-refractivity contribution in [1.29, 1.82) is 0 Å². The van der Waals surface area contributed by atoms with E-state index in [0.29, 0.717) is 18.1 Å². The van der Waals surface area contributed by atoms with Gasteiger partial charge in [-0.1, -0.05) is 31.0 Å². The molecule has 0 aliphatic heterocycles. The monoisotopic (exact) mass is 270 g/mol. The van der Waals surface area contributed by atoms with Crippen LogP contribution in [0.15, 0.2) is 24.3 Å². The second kappa shape index (κ2) is 5.78. The SMILES string of the molecule is CCn1nc(CCC(=O)C2CCCC2)c2ccccc21. The molecule has 1 fully saturated rings. The minimum atomic E-state index is 0.328. The molecular weight excluding hydrogens is 248 g/mol. The Hall–Kier alpha value is -1.64. The van der Waals surface area contributed by atoms with Crippen LogP contribution in [-0.4, -0.2) is 15.6 Å². The molecule has 0 atom stereocenters. The Morgan fingerprint density at radius 3 is 2.80 bits per heavy atom. The van der Waals surface area contributed by atoms with Crippen molar-refractivity contribution in [2.24, 2.45) is 5.92 Å². The number of benzene rings is 1. The van der Waals surface area contributed by atoms with Crippen molar-refractivity contribution >= 4 is 16.7 Å². The molecule has 1 aromatic heterocycles. The third-order valence-electron chi connectivity index (χ3n) is 4.45. The van der Waals surface area contributed by atoms with Crippen LogP contribution in [0.5, 0.6) is 0 Å². The van der Waals surface area contributed by atoms with E-state index in [9.17, 15) is 4.79 Å². The third-order valence-corrected chi connectivity index (χ3v) is 4.45. The van der Waals surface area contributed by atoms with Gasteiger partial charge in [0, 0.05) is 24.3 Å². The van der Waals surface area contributed by atoms with E-state index < -0.39 is 0 Å². The lowest BCUT2D eigenvalue weighted by Gasteiger charge is -2.06. The molecule has 1 saturated carbocycles. The largest absolute Gasteiger partial charge is 0.299 e. The van der Waals surface area contributed by atoms with Gasteiger partial charge in [-0.05, 0) is 32.3 Å². The highest BCUT2D eigenvalue weighted by Crippen LogP contribution is 2.27. The predicted octanol–water partition coefficient (Wildman–Crippen LogP) is 3.75. The van der Waals surface area contributed by atoms with Gasteiger partial charge in [0.2, 0.25) is 0 Å². The van der Waals surface area contributed by atoms with Crippen LogP contribution in [0.4, 0.5) is 0 Å². The maximum absolute atomic E-state index is 12.2. The summed E-state index contributed by atoms with van der Waals surface area (Å²) in [5.74, 6) is 0.771. The number of hydrogen-bond donors (Lipinski definition) is 0. The van der Waals surface area contributed by atoms with Gasteiger partial charge in [0.15, 0.2) is 0 Å². The van der Waals surface area contributed by atoms with E-state index >= 15 is 0 Å². The van der Waals surface area contributed by atoms with E-state index in [1.54, 1.807) is 0 Å². The van der Waals surface area contributed by atoms with Gasteiger partial charge in [-0.15, -0.1) is 0 Å². The Morgan fingerprint density at radius 2 is 2.05 bits per heavy atom. The Labute approximate surface area is 120 Å². The van der Waals surface area contributed by atoms with Crippen LogP contribution in [0.3, 0.4) is 0 Å². The predicted molar refractivity (Wildman–Crippen MR) is 80.7 cm³/mol. The van der Waals surface area contributed by atoms with E-state index in [0.717, 1.165) is 31.5 Å². The molecule has 0 saturated heterocycles. The fourth-order valence-corrected chi connectivity index (χ4v) is 3.32. The minimum Gasteiger partial charge on any atom is -0.299 e. The van der Waals surface area contributed by atoms with Crippen molar-refractivity contribution in [2.75, 3.05) is 0 Å². The molecule has 0 bridgehead atoms. The molecule has 1 aliphatic rings. The van der Waals surface area contributed by atoms with Gasteiger partial charge < -0.3 is 0 Å². The zero-order valence-corrected chi connectivity index (χ0v) is 12.1. The number of carbonyl (C=O) groups excluding carboxylic acids is 1. The highest BCUT2D eigenvalue weighted by molar-refractivity contribution is 5.84. The fourth-order valence-electron chi connectivity index (χ4n) is 3.32. The minimum absolute atomic E-state index is 0.328. The molecule has 0 radical (unpaired) electrons. The molecule has 0 unspecified atom stereocenters. The van der Waals surface area contributed by atoms with Crippen molar-refractivity contribution in [2.45, 2.75) is 52.0 Å². The first-order chi connectivity index (χ1) is 9.79. The molecule has 0 N–H and O–H groups in total. The molecular formula is C17H22N2O. The van der Waals surface area contributed by atoms with Crippen molar-refractivity contribution in [3.63, 3.8) is 0 Å². The van der Waals surface area contributed by atoms with Crippen molar-refractivity contribution in [1.82, 2.24) is 9.78 Å². The number of Topliss-reactive ketones (excluding diaryl/α,β-unsaturated/α-hetero) is 1. The number of hydrogen-bond acceptors (Lipinski definition) is 2. The molecule has 1 aromatic carbocycles. The maximum atomic E-state index is 12.2. The van der Waals surface area contributed by atoms with Crippen LogP contribution in [0.2, 0.25) is 0 Å². The van der Waals surface area contributed by atoms with Crippen LogP contribution in [0.1, 0.15) is 44.7 Å². The number of aryl methyl sites for hydroxylation is 2. The lowest BCUT2D eigenvalue weighted by atomic mass is 9.97. The average Bonchev–Trinajstić information content (AvgIpc) is 3.13. The van der Waals surface area contributed by atoms with Crippen LogP contribution in [0.25, 0.3) is 10.9 Å².